The number of nitrogens with one attached hydrogen (secondary N) is 3. The largest absolute Gasteiger partial charge is 0.404 e. The van der Waals surface area contributed by atoms with Crippen molar-refractivity contribution >= 4 is 23.8 Å². The second kappa shape index (κ2) is 9.18. The number of fused-ring (bicyclic) bond motifs is 1. The summed E-state index contributed by atoms with van der Waals surface area (Å²) in [6.45, 7) is 0. The molecule has 7 nitrogen and oxygen atoms in total. The number of hydrogen-bond acceptors (Lipinski definition) is 6. The van der Waals surface area contributed by atoms with E-state index in [0.717, 1.165) is 28.1 Å². The van der Waals surface area contributed by atoms with Crippen LogP contribution in [0.15, 0.2) is 105 Å². The summed E-state index contributed by atoms with van der Waals surface area (Å²) in [5.41, 5.74) is 16.8. The van der Waals surface area contributed by atoms with Crippen molar-refractivity contribution in [1.29, 1.82) is 5.41 Å². The minimum atomic E-state index is 0.295. The van der Waals surface area contributed by atoms with Crippen molar-refractivity contribution in [3.63, 3.8) is 0 Å². The van der Waals surface area contributed by atoms with E-state index in [2.05, 4.69) is 20.6 Å². The fourth-order valence-electron chi connectivity index (χ4n) is 2.85. The molecule has 29 heavy (non-hydrogen) atoms. The molecule has 0 unspecified atom stereocenters. The molecule has 2 heterocycles. The number of allylic oxidation sites excluding steroid dienone is 6. The molecule has 0 fully saturated rings. The van der Waals surface area contributed by atoms with Gasteiger partial charge in [0.2, 0.25) is 0 Å². The summed E-state index contributed by atoms with van der Waals surface area (Å²) in [7, 11) is 1.70. The number of dihydropyridines is 2. The van der Waals surface area contributed by atoms with Crippen LogP contribution >= 0.6 is 0 Å². The van der Waals surface area contributed by atoms with E-state index in [-0.39, 0.29) is 0 Å². The number of nitrogens with two attached hydrogens (primary N) is 2. The van der Waals surface area contributed by atoms with Crippen molar-refractivity contribution in [2.45, 2.75) is 0 Å². The Kier molecular flexibility index (Phi) is 6.22. The molecule has 0 bridgehead atoms. The molecule has 0 aromatic heterocycles. The van der Waals surface area contributed by atoms with Gasteiger partial charge in [0.15, 0.2) is 0 Å². The van der Waals surface area contributed by atoms with Gasteiger partial charge in [0, 0.05) is 48.6 Å². The van der Waals surface area contributed by atoms with E-state index in [9.17, 15) is 0 Å². The van der Waals surface area contributed by atoms with Gasteiger partial charge < -0.3 is 27.5 Å². The quantitative estimate of drug-likeness (QED) is 0.381. The molecule has 1 aromatic rings. The molecule has 146 valence electrons. The maximum absolute atomic E-state index is 7.65. The molecule has 2 aliphatic heterocycles. The molecule has 0 spiro atoms. The molecule has 1 aromatic carbocycles. The summed E-state index contributed by atoms with van der Waals surface area (Å²) in [4.78, 5) is 8.45. The van der Waals surface area contributed by atoms with E-state index < -0.39 is 0 Å². The minimum Gasteiger partial charge on any atom is -0.404 e. The average Bonchev–Trinajstić information content (AvgIpc) is 2.76. The summed E-state index contributed by atoms with van der Waals surface area (Å²) in [5, 5.41) is 14.1. The standard InChI is InChI=1S/C22H23N7/c1-26-13-18(12-24)17-9-20-19(27-14-17)7-8-22(28-20)29-21(25)10-16(11-23)15-5-3-2-4-6-15/h2-14,23,27-28H,24H2,1H3,(H2,25,29). The molecular formula is C22H23N7. The molecule has 7 heteroatoms. The van der Waals surface area contributed by atoms with Gasteiger partial charge >= 0.3 is 0 Å². The molecule has 3 rings (SSSR count). The SMILES string of the molecule is CN=CC(=CN)C1=CNC2=CC=C(N=C(N)C=C(C=N)c3ccccc3)NC2=C1. The van der Waals surface area contributed by atoms with Gasteiger partial charge in [-0.3, -0.25) is 4.99 Å². The van der Waals surface area contributed by atoms with Gasteiger partial charge in [-0.1, -0.05) is 30.3 Å². The van der Waals surface area contributed by atoms with Crippen molar-refractivity contribution in [2.24, 2.45) is 21.5 Å². The Bertz CT molecular complexity index is 1030. The third kappa shape index (κ3) is 4.78. The first-order chi connectivity index (χ1) is 14.1. The van der Waals surface area contributed by atoms with Crippen LogP contribution in [0.1, 0.15) is 5.56 Å². The lowest BCUT2D eigenvalue weighted by Crippen LogP contribution is -2.26. The first-order valence-corrected chi connectivity index (χ1v) is 8.98. The Morgan fingerprint density at radius 2 is 1.90 bits per heavy atom. The van der Waals surface area contributed by atoms with Crippen LogP contribution in [0.4, 0.5) is 0 Å². The normalized spacial score (nSPS) is 17.3. The molecular weight excluding hydrogens is 362 g/mol. The van der Waals surface area contributed by atoms with Gasteiger partial charge in [-0.25, -0.2) is 4.99 Å². The summed E-state index contributed by atoms with van der Waals surface area (Å²) < 4.78 is 0. The lowest BCUT2D eigenvalue weighted by Gasteiger charge is -2.23. The number of aliphatic imine (C=N–C) groups is 2. The monoisotopic (exact) mass is 385 g/mol. The molecule has 0 aliphatic carbocycles. The number of hydrogen-bond donors (Lipinski definition) is 5. The highest BCUT2D eigenvalue weighted by molar-refractivity contribution is 6.15. The van der Waals surface area contributed by atoms with Crippen LogP contribution in [0, 0.1) is 5.41 Å². The maximum Gasteiger partial charge on any atom is 0.132 e. The highest BCUT2D eigenvalue weighted by Crippen LogP contribution is 2.22. The van der Waals surface area contributed by atoms with E-state index in [0.29, 0.717) is 17.2 Å². The summed E-state index contributed by atoms with van der Waals surface area (Å²) >= 11 is 0. The lowest BCUT2D eigenvalue weighted by atomic mass is 10.0. The lowest BCUT2D eigenvalue weighted by molar-refractivity contribution is 0.875. The highest BCUT2D eigenvalue weighted by Gasteiger charge is 2.16. The predicted octanol–water partition coefficient (Wildman–Crippen LogP) is 2.32. The molecule has 0 atom stereocenters. The zero-order valence-corrected chi connectivity index (χ0v) is 16.1. The Labute approximate surface area is 169 Å². The van der Waals surface area contributed by atoms with Crippen LogP contribution in [-0.4, -0.2) is 25.3 Å². The topological polar surface area (TPSA) is 125 Å². The van der Waals surface area contributed by atoms with Gasteiger partial charge in [-0.05, 0) is 29.9 Å². The van der Waals surface area contributed by atoms with Gasteiger partial charge in [0.1, 0.15) is 11.7 Å². The van der Waals surface area contributed by atoms with E-state index >= 15 is 0 Å². The van der Waals surface area contributed by atoms with E-state index in [1.165, 1.54) is 12.4 Å². The molecule has 0 radical (unpaired) electrons. The fraction of sp³-hybridized carbons (Fsp3) is 0.0455. The number of benzene rings is 1. The van der Waals surface area contributed by atoms with Crippen LogP contribution in [0.3, 0.4) is 0 Å². The number of rotatable bonds is 6. The third-order valence-electron chi connectivity index (χ3n) is 4.24. The highest BCUT2D eigenvalue weighted by atomic mass is 15.1. The van der Waals surface area contributed by atoms with E-state index in [4.69, 9.17) is 16.9 Å². The van der Waals surface area contributed by atoms with Crippen molar-refractivity contribution in [1.82, 2.24) is 10.6 Å². The molecule has 7 N–H and O–H groups in total. The molecule has 0 amide bonds. The summed E-state index contributed by atoms with van der Waals surface area (Å²) in [5.74, 6) is 0.889. The van der Waals surface area contributed by atoms with Gasteiger partial charge in [0.25, 0.3) is 0 Å². The summed E-state index contributed by atoms with van der Waals surface area (Å²) in [6.07, 6.45) is 13.7. The second-order valence-corrected chi connectivity index (χ2v) is 6.22. The number of amidine groups is 1. The molecule has 2 aliphatic rings. The Morgan fingerprint density at radius 1 is 1.10 bits per heavy atom. The van der Waals surface area contributed by atoms with Gasteiger partial charge in [-0.15, -0.1) is 0 Å². The van der Waals surface area contributed by atoms with Crippen LogP contribution in [0.5, 0.6) is 0 Å². The first-order valence-electron chi connectivity index (χ1n) is 8.98. The third-order valence-corrected chi connectivity index (χ3v) is 4.24. The van der Waals surface area contributed by atoms with Crippen molar-refractivity contribution in [3.05, 3.63) is 101 Å². The Hall–Kier alpha value is -4.13. The predicted molar refractivity (Wildman–Crippen MR) is 120 cm³/mol. The Morgan fingerprint density at radius 3 is 2.59 bits per heavy atom. The van der Waals surface area contributed by atoms with Crippen molar-refractivity contribution in [2.75, 3.05) is 7.05 Å². The Balaban J connectivity index is 1.82. The summed E-state index contributed by atoms with van der Waals surface area (Å²) in [6, 6.07) is 9.60. The second-order valence-electron chi connectivity index (χ2n) is 6.22. The first kappa shape index (κ1) is 19.6. The van der Waals surface area contributed by atoms with Crippen LogP contribution in [-0.2, 0) is 0 Å². The smallest absolute Gasteiger partial charge is 0.132 e. The van der Waals surface area contributed by atoms with Crippen LogP contribution < -0.4 is 22.1 Å². The molecule has 0 saturated heterocycles. The fourth-order valence-corrected chi connectivity index (χ4v) is 2.85. The minimum absolute atomic E-state index is 0.295. The zero-order chi connectivity index (χ0) is 20.6. The molecule has 0 saturated carbocycles. The van der Waals surface area contributed by atoms with E-state index in [1.54, 1.807) is 19.3 Å². The van der Waals surface area contributed by atoms with Crippen LogP contribution in [0.2, 0.25) is 0 Å². The van der Waals surface area contributed by atoms with Crippen molar-refractivity contribution in [3.8, 4) is 0 Å². The zero-order valence-electron chi connectivity index (χ0n) is 16.1. The van der Waals surface area contributed by atoms with Crippen molar-refractivity contribution < 1.29 is 0 Å². The average molecular weight is 385 g/mol. The van der Waals surface area contributed by atoms with Gasteiger partial charge in [-0.2, -0.15) is 0 Å². The van der Waals surface area contributed by atoms with E-state index in [1.807, 2.05) is 54.8 Å². The van der Waals surface area contributed by atoms with Gasteiger partial charge in [0.05, 0.1) is 11.4 Å². The number of nitrogens with zero attached hydrogens (tertiary/aromatic N) is 2. The maximum atomic E-state index is 7.65. The van der Waals surface area contributed by atoms with Crippen LogP contribution in [0.25, 0.3) is 5.57 Å².